The summed E-state index contributed by atoms with van der Waals surface area (Å²) < 4.78 is 0. The Balaban J connectivity index is 1.90. The molecule has 0 aromatic heterocycles. The number of benzene rings is 1. The van der Waals surface area contributed by atoms with Gasteiger partial charge >= 0.3 is 6.03 Å². The van der Waals surface area contributed by atoms with Gasteiger partial charge in [-0.05, 0) is 51.5 Å². The van der Waals surface area contributed by atoms with E-state index in [4.69, 9.17) is 0 Å². The minimum Gasteiger partial charge on any atom is -0.338 e. The molecule has 2 rings (SSSR count). The second-order valence-corrected chi connectivity index (χ2v) is 5.27. The molecule has 0 bridgehead atoms. The minimum absolute atomic E-state index is 0.0332. The van der Waals surface area contributed by atoms with Gasteiger partial charge in [-0.1, -0.05) is 18.2 Å². The summed E-state index contributed by atoms with van der Waals surface area (Å²) in [5.41, 5.74) is 2.34. The molecule has 19 heavy (non-hydrogen) atoms. The Morgan fingerprint density at radius 1 is 1.37 bits per heavy atom. The summed E-state index contributed by atoms with van der Waals surface area (Å²) in [6, 6.07) is 8.22. The predicted octanol–water partition coefficient (Wildman–Crippen LogP) is 2.10. The van der Waals surface area contributed by atoms with Gasteiger partial charge in [0, 0.05) is 18.8 Å². The van der Waals surface area contributed by atoms with Crippen LogP contribution in [0, 0.1) is 0 Å². The van der Waals surface area contributed by atoms with E-state index in [0.717, 1.165) is 44.6 Å². The third kappa shape index (κ3) is 3.70. The number of amides is 2. The van der Waals surface area contributed by atoms with Gasteiger partial charge in [0.25, 0.3) is 0 Å². The van der Waals surface area contributed by atoms with Crippen LogP contribution in [0.1, 0.15) is 18.4 Å². The largest absolute Gasteiger partial charge is 0.338 e. The van der Waals surface area contributed by atoms with Crippen LogP contribution >= 0.6 is 0 Å². The van der Waals surface area contributed by atoms with E-state index in [1.807, 2.05) is 37.2 Å². The van der Waals surface area contributed by atoms with E-state index in [-0.39, 0.29) is 6.03 Å². The second-order valence-electron chi connectivity index (χ2n) is 5.27. The molecule has 4 heteroatoms. The molecule has 2 amide bonds. The molecule has 0 fully saturated rings. The third-order valence-electron chi connectivity index (χ3n) is 3.41. The Morgan fingerprint density at radius 2 is 2.16 bits per heavy atom. The van der Waals surface area contributed by atoms with E-state index in [0.29, 0.717) is 0 Å². The van der Waals surface area contributed by atoms with Crippen molar-refractivity contribution in [2.24, 2.45) is 0 Å². The number of aryl methyl sites for hydroxylation is 1. The lowest BCUT2D eigenvalue weighted by Gasteiger charge is -2.29. The first kappa shape index (κ1) is 13.9. The number of anilines is 1. The molecule has 1 aliphatic heterocycles. The number of carbonyl (C=O) groups excluding carboxylic acids is 1. The van der Waals surface area contributed by atoms with Crippen molar-refractivity contribution in [2.75, 3.05) is 38.6 Å². The molecule has 0 spiro atoms. The average Bonchev–Trinajstić information content (AvgIpc) is 2.42. The fourth-order valence-corrected chi connectivity index (χ4v) is 2.43. The van der Waals surface area contributed by atoms with Crippen LogP contribution in [-0.2, 0) is 6.42 Å². The van der Waals surface area contributed by atoms with Crippen LogP contribution in [0.5, 0.6) is 0 Å². The highest BCUT2D eigenvalue weighted by Gasteiger charge is 2.21. The predicted molar refractivity (Wildman–Crippen MR) is 78.7 cm³/mol. The molecule has 1 aromatic carbocycles. The first-order valence-electron chi connectivity index (χ1n) is 6.96. The zero-order chi connectivity index (χ0) is 13.7. The molecular formula is C15H23N3O. The van der Waals surface area contributed by atoms with Gasteiger partial charge in [-0.15, -0.1) is 0 Å². The standard InChI is InChI=1S/C15H23N3O/c1-17(2)11-6-10-16-15(19)18-12-5-8-13-7-3-4-9-14(13)18/h3-4,7,9H,5-6,8,10-12H2,1-2H3,(H,16,19). The maximum absolute atomic E-state index is 12.2. The van der Waals surface area contributed by atoms with Crippen molar-refractivity contribution in [3.05, 3.63) is 29.8 Å². The van der Waals surface area contributed by atoms with Gasteiger partial charge < -0.3 is 10.2 Å². The number of urea groups is 1. The molecule has 104 valence electrons. The van der Waals surface area contributed by atoms with Crippen molar-refractivity contribution < 1.29 is 4.79 Å². The summed E-state index contributed by atoms with van der Waals surface area (Å²) in [7, 11) is 4.09. The van der Waals surface area contributed by atoms with Gasteiger partial charge in [-0.3, -0.25) is 4.90 Å². The first-order chi connectivity index (χ1) is 9.18. The molecule has 0 atom stereocenters. The summed E-state index contributed by atoms with van der Waals surface area (Å²) in [5.74, 6) is 0. The molecular weight excluding hydrogens is 238 g/mol. The Hall–Kier alpha value is -1.55. The Labute approximate surface area is 115 Å². The van der Waals surface area contributed by atoms with Gasteiger partial charge in [0.2, 0.25) is 0 Å². The second kappa shape index (κ2) is 6.57. The number of hydrogen-bond donors (Lipinski definition) is 1. The van der Waals surface area contributed by atoms with Crippen molar-refractivity contribution in [1.29, 1.82) is 0 Å². The number of hydrogen-bond acceptors (Lipinski definition) is 2. The Kier molecular flexibility index (Phi) is 4.80. The smallest absolute Gasteiger partial charge is 0.321 e. The van der Waals surface area contributed by atoms with Crippen LogP contribution in [0.15, 0.2) is 24.3 Å². The molecule has 0 saturated heterocycles. The van der Waals surface area contributed by atoms with E-state index in [1.165, 1.54) is 5.56 Å². The van der Waals surface area contributed by atoms with E-state index in [9.17, 15) is 4.79 Å². The maximum Gasteiger partial charge on any atom is 0.321 e. The lowest BCUT2D eigenvalue weighted by atomic mass is 10.0. The highest BCUT2D eigenvalue weighted by molar-refractivity contribution is 5.93. The Bertz CT molecular complexity index is 431. The summed E-state index contributed by atoms with van der Waals surface area (Å²) in [6.07, 6.45) is 3.09. The monoisotopic (exact) mass is 261 g/mol. The number of nitrogens with one attached hydrogen (secondary N) is 1. The Morgan fingerprint density at radius 3 is 2.95 bits per heavy atom. The molecule has 1 heterocycles. The normalized spacial score (nSPS) is 14.4. The maximum atomic E-state index is 12.2. The van der Waals surface area contributed by atoms with E-state index in [2.05, 4.69) is 16.3 Å². The number of para-hydroxylation sites is 1. The molecule has 0 unspecified atom stereocenters. The molecule has 1 aromatic rings. The molecule has 1 aliphatic rings. The lowest BCUT2D eigenvalue weighted by Crippen LogP contribution is -2.43. The van der Waals surface area contributed by atoms with Crippen molar-refractivity contribution in [1.82, 2.24) is 10.2 Å². The van der Waals surface area contributed by atoms with E-state index < -0.39 is 0 Å². The van der Waals surface area contributed by atoms with Crippen molar-refractivity contribution in [3.63, 3.8) is 0 Å². The molecule has 0 aliphatic carbocycles. The molecule has 0 radical (unpaired) electrons. The first-order valence-corrected chi connectivity index (χ1v) is 6.96. The highest BCUT2D eigenvalue weighted by Crippen LogP contribution is 2.26. The number of fused-ring (bicyclic) bond motifs is 1. The topological polar surface area (TPSA) is 35.6 Å². The fraction of sp³-hybridized carbons (Fsp3) is 0.533. The minimum atomic E-state index is 0.0332. The molecule has 4 nitrogen and oxygen atoms in total. The zero-order valence-corrected chi connectivity index (χ0v) is 11.9. The SMILES string of the molecule is CN(C)CCCNC(=O)N1CCCc2ccccc21. The third-order valence-corrected chi connectivity index (χ3v) is 3.41. The van der Waals surface area contributed by atoms with E-state index >= 15 is 0 Å². The van der Waals surface area contributed by atoms with E-state index in [1.54, 1.807) is 0 Å². The number of rotatable bonds is 4. The summed E-state index contributed by atoms with van der Waals surface area (Å²) in [6.45, 7) is 2.54. The number of carbonyl (C=O) groups is 1. The quantitative estimate of drug-likeness (QED) is 0.843. The van der Waals surface area contributed by atoms with Crippen molar-refractivity contribution in [2.45, 2.75) is 19.3 Å². The number of nitrogens with zero attached hydrogens (tertiary/aromatic N) is 2. The summed E-state index contributed by atoms with van der Waals surface area (Å²) >= 11 is 0. The average molecular weight is 261 g/mol. The summed E-state index contributed by atoms with van der Waals surface area (Å²) in [5, 5.41) is 3.01. The van der Waals surface area contributed by atoms with Crippen LogP contribution in [0.2, 0.25) is 0 Å². The van der Waals surface area contributed by atoms with Gasteiger partial charge in [0.05, 0.1) is 0 Å². The van der Waals surface area contributed by atoms with Crippen LogP contribution in [0.4, 0.5) is 10.5 Å². The molecule has 0 saturated carbocycles. The van der Waals surface area contributed by atoms with Crippen molar-refractivity contribution in [3.8, 4) is 0 Å². The summed E-state index contributed by atoms with van der Waals surface area (Å²) in [4.78, 5) is 16.2. The van der Waals surface area contributed by atoms with Crippen molar-refractivity contribution >= 4 is 11.7 Å². The van der Waals surface area contributed by atoms with Crippen LogP contribution in [-0.4, -0.2) is 44.7 Å². The zero-order valence-electron chi connectivity index (χ0n) is 11.9. The molecule has 1 N–H and O–H groups in total. The van der Waals surface area contributed by atoms with Crippen LogP contribution in [0.25, 0.3) is 0 Å². The highest BCUT2D eigenvalue weighted by atomic mass is 16.2. The van der Waals surface area contributed by atoms with Gasteiger partial charge in [-0.25, -0.2) is 4.79 Å². The van der Waals surface area contributed by atoms with Crippen LogP contribution < -0.4 is 10.2 Å². The van der Waals surface area contributed by atoms with Gasteiger partial charge in [0.15, 0.2) is 0 Å². The van der Waals surface area contributed by atoms with Crippen LogP contribution in [0.3, 0.4) is 0 Å². The van der Waals surface area contributed by atoms with Gasteiger partial charge in [0.1, 0.15) is 0 Å². The lowest BCUT2D eigenvalue weighted by molar-refractivity contribution is 0.245. The fourth-order valence-electron chi connectivity index (χ4n) is 2.43. The van der Waals surface area contributed by atoms with Gasteiger partial charge in [-0.2, -0.15) is 0 Å².